The minimum absolute atomic E-state index is 0.281. The highest BCUT2D eigenvalue weighted by molar-refractivity contribution is 5.25. The summed E-state index contributed by atoms with van der Waals surface area (Å²) in [4.78, 5) is 5.12. The first kappa shape index (κ1) is 17.5. The Kier molecular flexibility index (Phi) is 6.01. The molecule has 1 atom stereocenters. The molecule has 0 amide bonds. The number of rotatable bonds is 5. The van der Waals surface area contributed by atoms with Gasteiger partial charge in [0.15, 0.2) is 0 Å². The molecule has 2 rings (SSSR count). The van der Waals surface area contributed by atoms with Crippen LogP contribution in [0.25, 0.3) is 0 Å². The van der Waals surface area contributed by atoms with Gasteiger partial charge in [0.1, 0.15) is 0 Å². The van der Waals surface area contributed by atoms with E-state index in [4.69, 9.17) is 0 Å². The molecule has 0 bridgehead atoms. The fourth-order valence-corrected chi connectivity index (χ4v) is 3.37. The molecule has 1 aliphatic heterocycles. The fourth-order valence-electron chi connectivity index (χ4n) is 3.37. The molecule has 3 nitrogen and oxygen atoms in total. The molecule has 124 valence electrons. The van der Waals surface area contributed by atoms with Crippen LogP contribution in [0.4, 0.5) is 0 Å². The van der Waals surface area contributed by atoms with Gasteiger partial charge in [-0.3, -0.25) is 9.80 Å². The molecule has 0 radical (unpaired) electrons. The molecule has 3 heteroatoms. The van der Waals surface area contributed by atoms with E-state index in [2.05, 4.69) is 61.8 Å². The van der Waals surface area contributed by atoms with Gasteiger partial charge in [0, 0.05) is 45.4 Å². The predicted octanol–water partition coefficient (Wildman–Crippen LogP) is 2.91. The smallest absolute Gasteiger partial charge is 0.0446 e. The first-order chi connectivity index (χ1) is 10.4. The number of aliphatic hydroxyl groups excluding tert-OH is 1. The lowest BCUT2D eigenvalue weighted by atomic mass is 9.94. The second-order valence-corrected chi connectivity index (χ2v) is 7.86. The SMILES string of the molecule is Cc1ccccc1CN1CCN(CC(C)(C)C)C(CCO)C1. The van der Waals surface area contributed by atoms with Crippen LogP contribution in [-0.2, 0) is 6.54 Å². The number of aryl methyl sites for hydroxylation is 1. The average molecular weight is 304 g/mol. The normalized spacial score (nSPS) is 21.2. The molecule has 1 fully saturated rings. The van der Waals surface area contributed by atoms with Crippen molar-refractivity contribution < 1.29 is 5.11 Å². The van der Waals surface area contributed by atoms with Crippen molar-refractivity contribution in [2.75, 3.05) is 32.8 Å². The lowest BCUT2D eigenvalue weighted by Gasteiger charge is -2.44. The van der Waals surface area contributed by atoms with E-state index in [-0.39, 0.29) is 6.61 Å². The van der Waals surface area contributed by atoms with Gasteiger partial charge in [-0.1, -0.05) is 45.0 Å². The van der Waals surface area contributed by atoms with Crippen molar-refractivity contribution in [2.45, 2.75) is 46.7 Å². The number of piperazine rings is 1. The summed E-state index contributed by atoms with van der Waals surface area (Å²) in [6, 6.07) is 9.13. The fraction of sp³-hybridized carbons (Fsp3) is 0.684. The first-order valence-electron chi connectivity index (χ1n) is 8.51. The van der Waals surface area contributed by atoms with Gasteiger partial charge in [-0.2, -0.15) is 0 Å². The molecule has 22 heavy (non-hydrogen) atoms. The van der Waals surface area contributed by atoms with Crippen molar-refractivity contribution in [3.63, 3.8) is 0 Å². The zero-order valence-electron chi connectivity index (χ0n) is 14.7. The van der Waals surface area contributed by atoms with E-state index >= 15 is 0 Å². The van der Waals surface area contributed by atoms with Gasteiger partial charge < -0.3 is 5.11 Å². The lowest BCUT2D eigenvalue weighted by Crippen LogP contribution is -2.54. The third-order valence-electron chi connectivity index (χ3n) is 4.48. The second-order valence-electron chi connectivity index (χ2n) is 7.86. The van der Waals surface area contributed by atoms with Gasteiger partial charge in [-0.05, 0) is 29.9 Å². The number of benzene rings is 1. The lowest BCUT2D eigenvalue weighted by molar-refractivity contribution is 0.0339. The Labute approximate surface area is 135 Å². The van der Waals surface area contributed by atoms with E-state index in [1.54, 1.807) is 0 Å². The maximum absolute atomic E-state index is 9.41. The summed E-state index contributed by atoms with van der Waals surface area (Å²) >= 11 is 0. The molecule has 1 saturated heterocycles. The Morgan fingerprint density at radius 1 is 1.18 bits per heavy atom. The Balaban J connectivity index is 1.99. The van der Waals surface area contributed by atoms with E-state index in [1.807, 2.05) is 0 Å². The van der Waals surface area contributed by atoms with Gasteiger partial charge >= 0.3 is 0 Å². The van der Waals surface area contributed by atoms with Crippen molar-refractivity contribution >= 4 is 0 Å². The third-order valence-corrected chi connectivity index (χ3v) is 4.48. The molecule has 0 spiro atoms. The van der Waals surface area contributed by atoms with Crippen LogP contribution in [0, 0.1) is 12.3 Å². The summed E-state index contributed by atoms with van der Waals surface area (Å²) in [6.45, 7) is 14.8. The van der Waals surface area contributed by atoms with Gasteiger partial charge in [0.05, 0.1) is 0 Å². The van der Waals surface area contributed by atoms with Crippen LogP contribution in [-0.4, -0.2) is 53.7 Å². The highest BCUT2D eigenvalue weighted by atomic mass is 16.3. The van der Waals surface area contributed by atoms with Gasteiger partial charge in [-0.25, -0.2) is 0 Å². The van der Waals surface area contributed by atoms with Crippen LogP contribution in [0.1, 0.15) is 38.3 Å². The Bertz CT molecular complexity index is 467. The van der Waals surface area contributed by atoms with E-state index < -0.39 is 0 Å². The van der Waals surface area contributed by atoms with E-state index in [1.165, 1.54) is 11.1 Å². The highest BCUT2D eigenvalue weighted by Crippen LogP contribution is 2.22. The molecule has 1 unspecified atom stereocenters. The van der Waals surface area contributed by atoms with Gasteiger partial charge in [-0.15, -0.1) is 0 Å². The number of hydrogen-bond acceptors (Lipinski definition) is 3. The summed E-state index contributed by atoms with van der Waals surface area (Å²) < 4.78 is 0. The first-order valence-corrected chi connectivity index (χ1v) is 8.51. The molecule has 0 saturated carbocycles. The van der Waals surface area contributed by atoms with Crippen molar-refractivity contribution in [3.8, 4) is 0 Å². The average Bonchev–Trinajstić information content (AvgIpc) is 2.43. The zero-order chi connectivity index (χ0) is 16.2. The number of hydrogen-bond donors (Lipinski definition) is 1. The van der Waals surface area contributed by atoms with Crippen LogP contribution in [0.3, 0.4) is 0 Å². The molecular weight excluding hydrogens is 272 g/mol. The summed E-state index contributed by atoms with van der Waals surface area (Å²) in [5.74, 6) is 0. The van der Waals surface area contributed by atoms with Crippen LogP contribution >= 0.6 is 0 Å². The molecule has 0 aromatic heterocycles. The summed E-state index contributed by atoms with van der Waals surface area (Å²) in [5, 5.41) is 9.41. The predicted molar refractivity (Wildman–Crippen MR) is 93.0 cm³/mol. The van der Waals surface area contributed by atoms with Crippen LogP contribution in [0.2, 0.25) is 0 Å². The van der Waals surface area contributed by atoms with Crippen molar-refractivity contribution in [3.05, 3.63) is 35.4 Å². The Morgan fingerprint density at radius 2 is 1.91 bits per heavy atom. The molecule has 1 N–H and O–H groups in total. The summed E-state index contributed by atoms with van der Waals surface area (Å²) in [6.07, 6.45) is 0.875. The highest BCUT2D eigenvalue weighted by Gasteiger charge is 2.29. The molecule has 1 aromatic rings. The summed E-state index contributed by atoms with van der Waals surface area (Å²) in [5.41, 5.74) is 3.11. The minimum Gasteiger partial charge on any atom is -0.396 e. The maximum atomic E-state index is 9.41. The number of nitrogens with zero attached hydrogens (tertiary/aromatic N) is 2. The van der Waals surface area contributed by atoms with Gasteiger partial charge in [0.25, 0.3) is 0 Å². The molecule has 0 aliphatic carbocycles. The Morgan fingerprint density at radius 3 is 2.55 bits per heavy atom. The van der Waals surface area contributed by atoms with Crippen molar-refractivity contribution in [1.29, 1.82) is 0 Å². The number of aliphatic hydroxyl groups is 1. The monoisotopic (exact) mass is 304 g/mol. The molecule has 1 aromatic carbocycles. The minimum atomic E-state index is 0.281. The molecule has 1 aliphatic rings. The Hall–Kier alpha value is -0.900. The topological polar surface area (TPSA) is 26.7 Å². The van der Waals surface area contributed by atoms with E-state index in [9.17, 15) is 5.11 Å². The standard InChI is InChI=1S/C19H32N2O/c1-16-7-5-6-8-17(16)13-20-10-11-21(15-19(2,3)4)18(14-20)9-12-22/h5-8,18,22H,9-15H2,1-4H3. The van der Waals surface area contributed by atoms with Crippen LogP contribution < -0.4 is 0 Å². The molecular formula is C19H32N2O. The van der Waals surface area contributed by atoms with E-state index in [0.717, 1.165) is 39.1 Å². The third kappa shape index (κ3) is 5.08. The van der Waals surface area contributed by atoms with Crippen molar-refractivity contribution in [2.24, 2.45) is 5.41 Å². The maximum Gasteiger partial charge on any atom is 0.0446 e. The largest absolute Gasteiger partial charge is 0.396 e. The van der Waals surface area contributed by atoms with E-state index in [0.29, 0.717) is 11.5 Å². The van der Waals surface area contributed by atoms with Crippen LogP contribution in [0.5, 0.6) is 0 Å². The van der Waals surface area contributed by atoms with Gasteiger partial charge in [0.2, 0.25) is 0 Å². The quantitative estimate of drug-likeness (QED) is 0.906. The molecule has 1 heterocycles. The van der Waals surface area contributed by atoms with Crippen molar-refractivity contribution in [1.82, 2.24) is 9.80 Å². The summed E-state index contributed by atoms with van der Waals surface area (Å²) in [7, 11) is 0. The second kappa shape index (κ2) is 7.58. The zero-order valence-corrected chi connectivity index (χ0v) is 14.7. The van der Waals surface area contributed by atoms with Crippen LogP contribution in [0.15, 0.2) is 24.3 Å².